The summed E-state index contributed by atoms with van der Waals surface area (Å²) in [5.74, 6) is 0.823. The fraction of sp³-hybridized carbons (Fsp3) is 0.300. The molecule has 0 fully saturated rings. The fourth-order valence-electron chi connectivity index (χ4n) is 5.58. The third-order valence-corrected chi connectivity index (χ3v) is 8.64. The molecule has 1 aliphatic carbocycles. The quantitative estimate of drug-likeness (QED) is 0.322. The van der Waals surface area contributed by atoms with E-state index in [0.29, 0.717) is 13.2 Å². The van der Waals surface area contributed by atoms with E-state index in [1.807, 2.05) is 66.5 Å². The predicted octanol–water partition coefficient (Wildman–Crippen LogP) is 7.26. The number of carbonyl (C=O) groups is 1. The van der Waals surface area contributed by atoms with Crippen molar-refractivity contribution in [2.45, 2.75) is 52.1 Å². The molecule has 2 amide bonds. The van der Waals surface area contributed by atoms with Gasteiger partial charge in [-0.15, -0.1) is 11.3 Å². The van der Waals surface area contributed by atoms with Crippen LogP contribution in [0.3, 0.4) is 0 Å². The molecule has 1 unspecified atom stereocenters. The fourth-order valence-corrected chi connectivity index (χ4v) is 6.98. The minimum Gasteiger partial charge on any atom is -0.494 e. The summed E-state index contributed by atoms with van der Waals surface area (Å²) in [6.45, 7) is 5.20. The number of urea groups is 1. The monoisotopic (exact) mass is 497 g/mol. The summed E-state index contributed by atoms with van der Waals surface area (Å²) in [6, 6.07) is 20.1. The molecule has 1 aliphatic heterocycles. The zero-order valence-corrected chi connectivity index (χ0v) is 21.6. The van der Waals surface area contributed by atoms with Gasteiger partial charge in [-0.1, -0.05) is 30.3 Å². The minimum atomic E-state index is -0.247. The number of benzene rings is 2. The van der Waals surface area contributed by atoms with Crippen molar-refractivity contribution in [2.24, 2.45) is 0 Å². The Kier molecular flexibility index (Phi) is 6.05. The highest BCUT2D eigenvalue weighted by Gasteiger charge is 2.36. The number of nitrogens with one attached hydrogen (secondary N) is 1. The van der Waals surface area contributed by atoms with E-state index < -0.39 is 0 Å². The van der Waals surface area contributed by atoms with Crippen LogP contribution in [-0.2, 0) is 19.4 Å². The van der Waals surface area contributed by atoms with Gasteiger partial charge in [-0.2, -0.15) is 0 Å². The normalized spacial score (nSPS) is 16.5. The van der Waals surface area contributed by atoms with Crippen LogP contribution in [0.25, 0.3) is 5.00 Å². The number of hydrogen-bond donors (Lipinski definition) is 1. The molecule has 1 N–H and O–H groups in total. The molecule has 0 bridgehead atoms. The first kappa shape index (κ1) is 22.9. The lowest BCUT2D eigenvalue weighted by Gasteiger charge is -2.32. The summed E-state index contributed by atoms with van der Waals surface area (Å²) >= 11 is 1.91. The Labute approximate surface area is 216 Å². The number of anilines is 1. The third kappa shape index (κ3) is 3.99. The van der Waals surface area contributed by atoms with Gasteiger partial charge in [0.05, 0.1) is 24.9 Å². The van der Waals surface area contributed by atoms with E-state index in [1.54, 1.807) is 0 Å². The highest BCUT2D eigenvalue weighted by molar-refractivity contribution is 7.15. The number of amides is 2. The number of rotatable bonds is 4. The Bertz CT molecular complexity index is 1420. The standard InChI is InChI=1S/C30H31N3O2S/c1-3-35-22-12-8-11-21(18-22)28-26-15-9-17-32(26)29-24(23-13-5-7-16-27(23)36-29)19-33(28)30(34)31-25-14-6-4-10-20(25)2/h4,6,8-12,14-15,17-18,28H,3,5,7,13,16,19H2,1-2H3,(H,31,34). The van der Waals surface area contributed by atoms with Gasteiger partial charge in [0.2, 0.25) is 0 Å². The topological polar surface area (TPSA) is 46.5 Å². The second-order valence-corrected chi connectivity index (χ2v) is 10.7. The summed E-state index contributed by atoms with van der Waals surface area (Å²) < 4.78 is 8.16. The van der Waals surface area contributed by atoms with Gasteiger partial charge in [-0.3, -0.25) is 0 Å². The van der Waals surface area contributed by atoms with Crippen molar-refractivity contribution in [1.29, 1.82) is 0 Å². The predicted molar refractivity (Wildman–Crippen MR) is 145 cm³/mol. The summed E-state index contributed by atoms with van der Waals surface area (Å²) in [6.07, 6.45) is 6.84. The molecular weight excluding hydrogens is 466 g/mol. The molecule has 0 spiro atoms. The van der Waals surface area contributed by atoms with Crippen LogP contribution in [-0.4, -0.2) is 22.1 Å². The Balaban J connectivity index is 1.50. The number of hydrogen-bond acceptors (Lipinski definition) is 3. The Morgan fingerprint density at radius 3 is 2.78 bits per heavy atom. The molecule has 5 nitrogen and oxygen atoms in total. The van der Waals surface area contributed by atoms with Gasteiger partial charge in [0.1, 0.15) is 10.8 Å². The van der Waals surface area contributed by atoms with E-state index >= 15 is 0 Å². The zero-order valence-electron chi connectivity index (χ0n) is 20.8. The van der Waals surface area contributed by atoms with E-state index in [4.69, 9.17) is 4.74 Å². The van der Waals surface area contributed by atoms with Crippen molar-refractivity contribution in [1.82, 2.24) is 9.47 Å². The lowest BCUT2D eigenvalue weighted by molar-refractivity contribution is 0.194. The average molecular weight is 498 g/mol. The first-order valence-electron chi connectivity index (χ1n) is 12.8. The molecule has 4 aromatic rings. The number of aromatic nitrogens is 1. The maximum absolute atomic E-state index is 14.1. The number of para-hydroxylation sites is 1. The molecule has 184 valence electrons. The van der Waals surface area contributed by atoms with E-state index in [-0.39, 0.29) is 12.1 Å². The summed E-state index contributed by atoms with van der Waals surface area (Å²) in [7, 11) is 0. The molecule has 6 heteroatoms. The van der Waals surface area contributed by atoms with Crippen LogP contribution in [0.2, 0.25) is 0 Å². The molecular formula is C30H31N3O2S. The van der Waals surface area contributed by atoms with E-state index in [9.17, 15) is 4.79 Å². The number of ether oxygens (including phenoxy) is 1. The molecule has 1 atom stereocenters. The van der Waals surface area contributed by atoms with E-state index in [2.05, 4.69) is 40.3 Å². The van der Waals surface area contributed by atoms with Crippen LogP contribution in [0.4, 0.5) is 10.5 Å². The average Bonchev–Trinajstić information content (AvgIpc) is 3.47. The smallest absolute Gasteiger partial charge is 0.322 e. The number of aryl methyl sites for hydroxylation is 2. The molecule has 2 aromatic heterocycles. The van der Waals surface area contributed by atoms with Crippen molar-refractivity contribution in [3.8, 4) is 10.8 Å². The van der Waals surface area contributed by atoms with Gasteiger partial charge in [0, 0.05) is 22.3 Å². The van der Waals surface area contributed by atoms with Crippen LogP contribution in [0.15, 0.2) is 66.9 Å². The van der Waals surface area contributed by atoms with Gasteiger partial charge in [-0.25, -0.2) is 4.79 Å². The van der Waals surface area contributed by atoms with Crippen LogP contribution in [0.1, 0.15) is 58.6 Å². The van der Waals surface area contributed by atoms with E-state index in [0.717, 1.165) is 41.1 Å². The van der Waals surface area contributed by atoms with Crippen molar-refractivity contribution in [2.75, 3.05) is 11.9 Å². The molecule has 2 aliphatic rings. The summed E-state index contributed by atoms with van der Waals surface area (Å²) in [5, 5.41) is 4.49. The van der Waals surface area contributed by atoms with Gasteiger partial charge >= 0.3 is 6.03 Å². The molecule has 6 rings (SSSR count). The first-order chi connectivity index (χ1) is 17.6. The van der Waals surface area contributed by atoms with Crippen molar-refractivity contribution in [3.63, 3.8) is 0 Å². The third-order valence-electron chi connectivity index (χ3n) is 7.31. The first-order valence-corrected chi connectivity index (χ1v) is 13.6. The number of carbonyl (C=O) groups excluding carboxylic acids is 1. The second-order valence-electron chi connectivity index (χ2n) is 9.58. The van der Waals surface area contributed by atoms with Gasteiger partial charge in [0.25, 0.3) is 0 Å². The Morgan fingerprint density at radius 2 is 1.92 bits per heavy atom. The minimum absolute atomic E-state index is 0.0903. The number of thiophene rings is 1. The molecule has 3 heterocycles. The second kappa shape index (κ2) is 9.51. The van der Waals surface area contributed by atoms with Crippen molar-refractivity contribution in [3.05, 3.63) is 99.7 Å². The SMILES string of the molecule is CCOc1cccc(C2c3cccn3-c3sc4c(c3CN2C(=O)Nc2ccccc2C)CCCC4)c1. The van der Waals surface area contributed by atoms with Crippen LogP contribution >= 0.6 is 11.3 Å². The van der Waals surface area contributed by atoms with Crippen molar-refractivity contribution >= 4 is 23.1 Å². The highest BCUT2D eigenvalue weighted by atomic mass is 32.1. The Morgan fingerprint density at radius 1 is 1.06 bits per heavy atom. The maximum atomic E-state index is 14.1. The largest absolute Gasteiger partial charge is 0.494 e. The molecule has 36 heavy (non-hydrogen) atoms. The summed E-state index contributed by atoms with van der Waals surface area (Å²) in [5.41, 5.74) is 6.80. The van der Waals surface area contributed by atoms with Crippen molar-refractivity contribution < 1.29 is 9.53 Å². The molecule has 0 saturated carbocycles. The lowest BCUT2D eigenvalue weighted by Crippen LogP contribution is -2.38. The van der Waals surface area contributed by atoms with Gasteiger partial charge < -0.3 is 19.5 Å². The molecule has 0 saturated heterocycles. The Hall–Kier alpha value is -3.51. The lowest BCUT2D eigenvalue weighted by atomic mass is 9.95. The maximum Gasteiger partial charge on any atom is 0.322 e. The van der Waals surface area contributed by atoms with Crippen LogP contribution < -0.4 is 10.1 Å². The molecule has 2 aromatic carbocycles. The number of fused-ring (bicyclic) bond motifs is 5. The van der Waals surface area contributed by atoms with Crippen LogP contribution in [0.5, 0.6) is 5.75 Å². The summed E-state index contributed by atoms with van der Waals surface area (Å²) in [4.78, 5) is 17.6. The highest BCUT2D eigenvalue weighted by Crippen LogP contribution is 2.44. The molecule has 0 radical (unpaired) electrons. The van der Waals surface area contributed by atoms with Gasteiger partial charge in [0.15, 0.2) is 0 Å². The van der Waals surface area contributed by atoms with Crippen LogP contribution in [0, 0.1) is 6.92 Å². The van der Waals surface area contributed by atoms with E-state index in [1.165, 1.54) is 33.8 Å². The zero-order chi connectivity index (χ0) is 24.6. The number of nitrogens with zero attached hydrogens (tertiary/aromatic N) is 2. The van der Waals surface area contributed by atoms with Gasteiger partial charge in [-0.05, 0) is 86.6 Å².